The molecule has 0 unspecified atom stereocenters. The Hall–Kier alpha value is -1.56. The second-order valence-electron chi connectivity index (χ2n) is 9.44. The molecule has 140 valence electrons. The van der Waals surface area contributed by atoms with E-state index in [0.29, 0.717) is 5.41 Å². The molecule has 2 aromatic carbocycles. The molecule has 0 aromatic heterocycles. The summed E-state index contributed by atoms with van der Waals surface area (Å²) in [7, 11) is 0. The zero-order chi connectivity index (χ0) is 18.6. The van der Waals surface area contributed by atoms with Gasteiger partial charge in [-0.3, -0.25) is 0 Å². The molecule has 6 rings (SSSR count). The molecule has 4 fully saturated rings. The van der Waals surface area contributed by atoms with Crippen LogP contribution < -0.4 is 0 Å². The van der Waals surface area contributed by atoms with Crippen molar-refractivity contribution in [3.8, 4) is 0 Å². The molecule has 0 heteroatoms. The van der Waals surface area contributed by atoms with Crippen LogP contribution in [0.5, 0.6) is 0 Å². The maximum absolute atomic E-state index is 2.53. The van der Waals surface area contributed by atoms with Crippen molar-refractivity contribution in [1.82, 2.24) is 0 Å². The SMILES string of the molecule is CC1(C)C2CC3CC(C2)CC1C3.Cc1ccccc1.Cc1ccccc1. The van der Waals surface area contributed by atoms with Crippen LogP contribution in [0.15, 0.2) is 60.7 Å². The Morgan fingerprint density at radius 3 is 1.19 bits per heavy atom. The Morgan fingerprint density at radius 1 is 0.577 bits per heavy atom. The molecule has 0 heterocycles. The Morgan fingerprint density at radius 2 is 0.923 bits per heavy atom. The quantitative estimate of drug-likeness (QED) is 0.463. The van der Waals surface area contributed by atoms with Crippen molar-refractivity contribution >= 4 is 0 Å². The largest absolute Gasteiger partial charge is 0.0622 e. The van der Waals surface area contributed by atoms with Crippen LogP contribution in [0, 0.1) is 42.9 Å². The van der Waals surface area contributed by atoms with Crippen LogP contribution in [0.1, 0.15) is 57.1 Å². The summed E-state index contributed by atoms with van der Waals surface area (Å²) in [4.78, 5) is 0. The molecule has 4 saturated carbocycles. The minimum absolute atomic E-state index is 0.702. The second kappa shape index (κ2) is 8.42. The van der Waals surface area contributed by atoms with E-state index in [0.717, 1.165) is 23.7 Å². The molecule has 2 aromatic rings. The lowest BCUT2D eigenvalue weighted by molar-refractivity contribution is -0.0876. The van der Waals surface area contributed by atoms with E-state index in [2.05, 4.69) is 52.0 Å². The molecule has 0 amide bonds. The lowest BCUT2D eigenvalue weighted by atomic mass is 9.46. The standard InChI is InChI=1S/C12H20.2C7H8/c1-12(2)10-4-8-3-9(6-10)7-11(12)5-8;2*1-7-5-3-2-4-6-7/h8-11H,3-7H2,1-2H3;2*2-6H,1H3. The third-order valence-electron chi connectivity index (χ3n) is 7.12. The molecular formula is C26H36. The lowest BCUT2D eigenvalue weighted by Crippen LogP contribution is -2.49. The Kier molecular flexibility index (Phi) is 6.22. The number of hydrogen-bond donors (Lipinski definition) is 0. The molecule has 4 aliphatic rings. The van der Waals surface area contributed by atoms with Crippen LogP contribution in [-0.2, 0) is 0 Å². The average molecular weight is 349 g/mol. The molecule has 0 nitrogen and oxygen atoms in total. The number of rotatable bonds is 0. The summed E-state index contributed by atoms with van der Waals surface area (Å²) in [5.41, 5.74) is 3.35. The first-order valence-electron chi connectivity index (χ1n) is 10.5. The maximum Gasteiger partial charge on any atom is -0.0297 e. The number of hydrogen-bond acceptors (Lipinski definition) is 0. The molecule has 0 spiro atoms. The fourth-order valence-electron chi connectivity index (χ4n) is 5.47. The van der Waals surface area contributed by atoms with Gasteiger partial charge in [0.2, 0.25) is 0 Å². The van der Waals surface area contributed by atoms with Crippen molar-refractivity contribution in [3.05, 3.63) is 71.8 Å². The van der Waals surface area contributed by atoms with E-state index in [9.17, 15) is 0 Å². The van der Waals surface area contributed by atoms with Gasteiger partial charge in [-0.05, 0) is 75.0 Å². The van der Waals surface area contributed by atoms with Gasteiger partial charge >= 0.3 is 0 Å². The highest BCUT2D eigenvalue weighted by molar-refractivity contribution is 5.12. The fourth-order valence-corrected chi connectivity index (χ4v) is 5.47. The highest BCUT2D eigenvalue weighted by atomic mass is 14.6. The Bertz CT molecular complexity index is 585. The Balaban J connectivity index is 0.000000122. The van der Waals surface area contributed by atoms with Gasteiger partial charge in [-0.1, -0.05) is 85.6 Å². The van der Waals surface area contributed by atoms with Crippen LogP contribution in [0.25, 0.3) is 0 Å². The third-order valence-corrected chi connectivity index (χ3v) is 7.12. The van der Waals surface area contributed by atoms with Crippen molar-refractivity contribution in [2.45, 2.75) is 59.8 Å². The van der Waals surface area contributed by atoms with Crippen LogP contribution in [-0.4, -0.2) is 0 Å². The lowest BCUT2D eigenvalue weighted by Gasteiger charge is -2.59. The van der Waals surface area contributed by atoms with Gasteiger partial charge in [0.1, 0.15) is 0 Å². The molecule has 0 saturated heterocycles. The molecule has 0 radical (unpaired) electrons. The predicted molar refractivity (Wildman–Crippen MR) is 113 cm³/mol. The predicted octanol–water partition coefficient (Wildman–Crippen LogP) is 7.46. The number of benzene rings is 2. The van der Waals surface area contributed by atoms with Crippen LogP contribution in [0.2, 0.25) is 0 Å². The van der Waals surface area contributed by atoms with Crippen molar-refractivity contribution in [3.63, 3.8) is 0 Å². The minimum Gasteiger partial charge on any atom is -0.0622 e. The van der Waals surface area contributed by atoms with Crippen LogP contribution in [0.3, 0.4) is 0 Å². The van der Waals surface area contributed by atoms with Gasteiger partial charge in [-0.25, -0.2) is 0 Å². The first kappa shape index (κ1) is 19.2. The van der Waals surface area contributed by atoms with Crippen molar-refractivity contribution in [2.75, 3.05) is 0 Å². The molecule has 4 bridgehead atoms. The summed E-state index contributed by atoms with van der Waals surface area (Å²) in [5.74, 6) is 4.46. The summed E-state index contributed by atoms with van der Waals surface area (Å²) in [6.45, 7) is 9.22. The normalized spacial score (nSPS) is 29.8. The van der Waals surface area contributed by atoms with E-state index in [1.807, 2.05) is 36.4 Å². The van der Waals surface area contributed by atoms with E-state index >= 15 is 0 Å². The highest BCUT2D eigenvalue weighted by Crippen LogP contribution is 2.61. The smallest absolute Gasteiger partial charge is 0.0297 e. The molecule has 0 atom stereocenters. The molecular weight excluding hydrogens is 312 g/mol. The summed E-state index contributed by atoms with van der Waals surface area (Å²) < 4.78 is 0. The van der Waals surface area contributed by atoms with Gasteiger partial charge in [-0.2, -0.15) is 0 Å². The van der Waals surface area contributed by atoms with Crippen LogP contribution in [0.4, 0.5) is 0 Å². The summed E-state index contributed by atoms with van der Waals surface area (Å²) in [6, 6.07) is 20.5. The summed E-state index contributed by atoms with van der Waals surface area (Å²) >= 11 is 0. The van der Waals surface area contributed by atoms with E-state index in [1.165, 1.54) is 11.1 Å². The second-order valence-corrected chi connectivity index (χ2v) is 9.44. The first-order valence-corrected chi connectivity index (χ1v) is 10.5. The molecule has 26 heavy (non-hydrogen) atoms. The average Bonchev–Trinajstić information content (AvgIpc) is 2.62. The third kappa shape index (κ3) is 4.78. The van der Waals surface area contributed by atoms with Gasteiger partial charge in [-0.15, -0.1) is 0 Å². The summed E-state index contributed by atoms with van der Waals surface area (Å²) in [6.07, 6.45) is 7.86. The van der Waals surface area contributed by atoms with Gasteiger partial charge in [0.25, 0.3) is 0 Å². The van der Waals surface area contributed by atoms with E-state index in [-0.39, 0.29) is 0 Å². The van der Waals surface area contributed by atoms with E-state index in [1.54, 1.807) is 32.1 Å². The van der Waals surface area contributed by atoms with E-state index < -0.39 is 0 Å². The Labute approximate surface area is 161 Å². The maximum atomic E-state index is 2.53. The summed E-state index contributed by atoms with van der Waals surface area (Å²) in [5, 5.41) is 0. The minimum atomic E-state index is 0.702. The zero-order valence-corrected chi connectivity index (χ0v) is 17.1. The molecule has 0 N–H and O–H groups in total. The molecule has 4 aliphatic carbocycles. The van der Waals surface area contributed by atoms with Gasteiger partial charge < -0.3 is 0 Å². The zero-order valence-electron chi connectivity index (χ0n) is 17.1. The monoisotopic (exact) mass is 348 g/mol. The fraction of sp³-hybridized carbons (Fsp3) is 0.538. The number of aryl methyl sites for hydroxylation is 2. The van der Waals surface area contributed by atoms with Crippen LogP contribution >= 0.6 is 0 Å². The van der Waals surface area contributed by atoms with Gasteiger partial charge in [0.05, 0.1) is 0 Å². The van der Waals surface area contributed by atoms with Gasteiger partial charge in [0, 0.05) is 0 Å². The van der Waals surface area contributed by atoms with Gasteiger partial charge in [0.15, 0.2) is 0 Å². The first-order chi connectivity index (χ1) is 12.4. The topological polar surface area (TPSA) is 0 Å². The van der Waals surface area contributed by atoms with Crippen molar-refractivity contribution < 1.29 is 0 Å². The van der Waals surface area contributed by atoms with Crippen molar-refractivity contribution in [2.24, 2.45) is 29.1 Å². The molecule has 0 aliphatic heterocycles. The van der Waals surface area contributed by atoms with E-state index in [4.69, 9.17) is 0 Å². The highest BCUT2D eigenvalue weighted by Gasteiger charge is 2.52. The van der Waals surface area contributed by atoms with Crippen molar-refractivity contribution in [1.29, 1.82) is 0 Å².